The smallest absolute Gasteiger partial charge is 0.270 e. The minimum atomic E-state index is -0.373. The zero-order chi connectivity index (χ0) is 15.6. The average molecular weight is 349 g/mol. The molecule has 4 nitrogen and oxygen atoms in total. The fourth-order valence-corrected chi connectivity index (χ4v) is 2.61. The standard InChI is InChI=1S/C16H17BrN2O2/c1-10-7-14(19(20)21)9-15(11(10)2)16(18)8-12-3-5-13(17)6-4-12/h3-7,9,16H,8,18H2,1-2H3. The van der Waals surface area contributed by atoms with Gasteiger partial charge in [-0.2, -0.15) is 0 Å². The van der Waals surface area contributed by atoms with Crippen LogP contribution < -0.4 is 5.73 Å². The van der Waals surface area contributed by atoms with Crippen LogP contribution in [0, 0.1) is 24.0 Å². The van der Waals surface area contributed by atoms with E-state index in [0.717, 1.165) is 26.7 Å². The molecule has 0 spiro atoms. The lowest BCUT2D eigenvalue weighted by Crippen LogP contribution is -2.15. The van der Waals surface area contributed by atoms with Crippen LogP contribution in [0.1, 0.15) is 28.3 Å². The summed E-state index contributed by atoms with van der Waals surface area (Å²) in [6, 6.07) is 10.9. The van der Waals surface area contributed by atoms with Crippen molar-refractivity contribution >= 4 is 21.6 Å². The summed E-state index contributed by atoms with van der Waals surface area (Å²) in [5.41, 5.74) is 10.2. The highest BCUT2D eigenvalue weighted by Gasteiger charge is 2.17. The van der Waals surface area contributed by atoms with Crippen LogP contribution in [0.25, 0.3) is 0 Å². The number of rotatable bonds is 4. The highest BCUT2D eigenvalue weighted by atomic mass is 79.9. The van der Waals surface area contributed by atoms with E-state index in [9.17, 15) is 10.1 Å². The molecule has 0 aliphatic heterocycles. The van der Waals surface area contributed by atoms with Crippen LogP contribution in [-0.4, -0.2) is 4.92 Å². The molecule has 0 aromatic heterocycles. The largest absolute Gasteiger partial charge is 0.324 e. The number of nitrogens with two attached hydrogens (primary N) is 1. The fraction of sp³-hybridized carbons (Fsp3) is 0.250. The normalized spacial score (nSPS) is 12.2. The third-order valence-corrected chi connectivity index (χ3v) is 4.20. The van der Waals surface area contributed by atoms with Crippen molar-refractivity contribution in [1.82, 2.24) is 0 Å². The SMILES string of the molecule is Cc1cc([N+](=O)[O-])cc(C(N)Cc2ccc(Br)cc2)c1C. The minimum absolute atomic E-state index is 0.0966. The second-order valence-electron chi connectivity index (χ2n) is 5.17. The first-order valence-corrected chi connectivity index (χ1v) is 7.43. The van der Waals surface area contributed by atoms with E-state index in [-0.39, 0.29) is 16.7 Å². The van der Waals surface area contributed by atoms with Crippen molar-refractivity contribution < 1.29 is 4.92 Å². The van der Waals surface area contributed by atoms with Crippen molar-refractivity contribution in [1.29, 1.82) is 0 Å². The van der Waals surface area contributed by atoms with Gasteiger partial charge in [0.25, 0.3) is 5.69 Å². The zero-order valence-electron chi connectivity index (χ0n) is 12.0. The van der Waals surface area contributed by atoms with E-state index in [0.29, 0.717) is 6.42 Å². The first kappa shape index (κ1) is 15.7. The van der Waals surface area contributed by atoms with E-state index >= 15 is 0 Å². The Balaban J connectivity index is 2.31. The molecule has 1 unspecified atom stereocenters. The molecule has 2 aromatic rings. The predicted octanol–water partition coefficient (Wildman–Crippen LogP) is 4.22. The van der Waals surface area contributed by atoms with Gasteiger partial charge in [-0.05, 0) is 54.7 Å². The van der Waals surface area contributed by atoms with Crippen LogP contribution in [0.2, 0.25) is 0 Å². The lowest BCUT2D eigenvalue weighted by Gasteiger charge is -2.16. The summed E-state index contributed by atoms with van der Waals surface area (Å²) in [4.78, 5) is 10.6. The molecule has 0 saturated carbocycles. The van der Waals surface area contributed by atoms with E-state index in [1.54, 1.807) is 12.1 Å². The Hall–Kier alpha value is -1.72. The number of hydrogen-bond donors (Lipinski definition) is 1. The van der Waals surface area contributed by atoms with E-state index in [1.807, 2.05) is 38.1 Å². The molecule has 0 fully saturated rings. The fourth-order valence-electron chi connectivity index (χ4n) is 2.34. The first-order valence-electron chi connectivity index (χ1n) is 6.64. The molecule has 5 heteroatoms. The molecule has 2 aromatic carbocycles. The Bertz CT molecular complexity index is 669. The molecule has 2 N–H and O–H groups in total. The number of non-ortho nitro benzene ring substituents is 1. The minimum Gasteiger partial charge on any atom is -0.324 e. The monoisotopic (exact) mass is 348 g/mol. The molecule has 0 bridgehead atoms. The van der Waals surface area contributed by atoms with Gasteiger partial charge in [-0.3, -0.25) is 10.1 Å². The quantitative estimate of drug-likeness (QED) is 0.664. The number of benzene rings is 2. The molecule has 0 radical (unpaired) electrons. The number of nitro groups is 1. The number of nitrogens with zero attached hydrogens (tertiary/aromatic N) is 1. The van der Waals surface area contributed by atoms with Crippen molar-refractivity contribution in [3.63, 3.8) is 0 Å². The summed E-state index contributed by atoms with van der Waals surface area (Å²) in [6.07, 6.45) is 0.648. The summed E-state index contributed by atoms with van der Waals surface area (Å²) in [5, 5.41) is 11.0. The highest BCUT2D eigenvalue weighted by Crippen LogP contribution is 2.27. The lowest BCUT2D eigenvalue weighted by molar-refractivity contribution is -0.385. The van der Waals surface area contributed by atoms with Crippen molar-refractivity contribution in [2.24, 2.45) is 5.73 Å². The molecule has 21 heavy (non-hydrogen) atoms. The second kappa shape index (κ2) is 6.37. The van der Waals surface area contributed by atoms with Crippen molar-refractivity contribution in [2.45, 2.75) is 26.3 Å². The number of nitro benzene ring substituents is 1. The van der Waals surface area contributed by atoms with Gasteiger partial charge in [-0.15, -0.1) is 0 Å². The van der Waals surface area contributed by atoms with Gasteiger partial charge in [-0.25, -0.2) is 0 Å². The van der Waals surface area contributed by atoms with E-state index in [1.165, 1.54) is 0 Å². The Labute approximate surface area is 132 Å². The molecular formula is C16H17BrN2O2. The van der Waals surface area contributed by atoms with Crippen LogP contribution in [0.15, 0.2) is 40.9 Å². The molecule has 0 heterocycles. The molecule has 0 aliphatic carbocycles. The summed E-state index contributed by atoms with van der Waals surface area (Å²) >= 11 is 3.40. The van der Waals surface area contributed by atoms with Crippen LogP contribution in [-0.2, 0) is 6.42 Å². The highest BCUT2D eigenvalue weighted by molar-refractivity contribution is 9.10. The van der Waals surface area contributed by atoms with E-state index in [2.05, 4.69) is 15.9 Å². The maximum absolute atomic E-state index is 11.0. The molecule has 1 atom stereocenters. The van der Waals surface area contributed by atoms with Gasteiger partial charge in [0.15, 0.2) is 0 Å². The molecule has 110 valence electrons. The zero-order valence-corrected chi connectivity index (χ0v) is 13.6. The Morgan fingerprint density at radius 2 is 1.86 bits per heavy atom. The Morgan fingerprint density at radius 1 is 1.24 bits per heavy atom. The third kappa shape index (κ3) is 3.68. The lowest BCUT2D eigenvalue weighted by atomic mass is 9.93. The van der Waals surface area contributed by atoms with Crippen LogP contribution in [0.5, 0.6) is 0 Å². The summed E-state index contributed by atoms with van der Waals surface area (Å²) in [5.74, 6) is 0. The molecule has 2 rings (SSSR count). The van der Waals surface area contributed by atoms with Gasteiger partial charge in [-0.1, -0.05) is 28.1 Å². The predicted molar refractivity (Wildman–Crippen MR) is 87.3 cm³/mol. The summed E-state index contributed by atoms with van der Waals surface area (Å²) in [6.45, 7) is 3.83. The number of aryl methyl sites for hydroxylation is 1. The van der Waals surface area contributed by atoms with Gasteiger partial charge in [0.2, 0.25) is 0 Å². The molecule has 0 saturated heterocycles. The van der Waals surface area contributed by atoms with Crippen molar-refractivity contribution in [3.05, 3.63) is 73.2 Å². The van der Waals surface area contributed by atoms with Crippen LogP contribution in [0.3, 0.4) is 0 Å². The van der Waals surface area contributed by atoms with Gasteiger partial charge < -0.3 is 5.73 Å². The topological polar surface area (TPSA) is 69.2 Å². The summed E-state index contributed by atoms with van der Waals surface area (Å²) < 4.78 is 1.02. The van der Waals surface area contributed by atoms with E-state index in [4.69, 9.17) is 5.73 Å². The first-order chi connectivity index (χ1) is 9.88. The van der Waals surface area contributed by atoms with Crippen molar-refractivity contribution in [2.75, 3.05) is 0 Å². The van der Waals surface area contributed by atoms with E-state index < -0.39 is 0 Å². The molecule has 0 aliphatic rings. The van der Waals surface area contributed by atoms with Crippen molar-refractivity contribution in [3.8, 4) is 0 Å². The van der Waals surface area contributed by atoms with Crippen LogP contribution >= 0.6 is 15.9 Å². The van der Waals surface area contributed by atoms with Gasteiger partial charge >= 0.3 is 0 Å². The third-order valence-electron chi connectivity index (χ3n) is 3.67. The maximum atomic E-state index is 11.0. The summed E-state index contributed by atoms with van der Waals surface area (Å²) in [7, 11) is 0. The Kier molecular flexibility index (Phi) is 4.75. The number of hydrogen-bond acceptors (Lipinski definition) is 3. The van der Waals surface area contributed by atoms with Gasteiger partial charge in [0, 0.05) is 22.6 Å². The van der Waals surface area contributed by atoms with Gasteiger partial charge in [0.1, 0.15) is 0 Å². The second-order valence-corrected chi connectivity index (χ2v) is 6.09. The molecule has 0 amide bonds. The van der Waals surface area contributed by atoms with Crippen LogP contribution in [0.4, 0.5) is 5.69 Å². The molecular weight excluding hydrogens is 332 g/mol. The average Bonchev–Trinajstić information content (AvgIpc) is 2.43. The maximum Gasteiger partial charge on any atom is 0.270 e. The van der Waals surface area contributed by atoms with Gasteiger partial charge in [0.05, 0.1) is 4.92 Å². The number of halogens is 1. The Morgan fingerprint density at radius 3 is 2.43 bits per heavy atom.